The number of rotatable bonds is 6. The maximum Gasteiger partial charge on any atom is 0.243 e. The van der Waals surface area contributed by atoms with E-state index >= 15 is 0 Å². The fourth-order valence-electron chi connectivity index (χ4n) is 3.50. The van der Waals surface area contributed by atoms with Crippen molar-refractivity contribution in [2.75, 3.05) is 32.7 Å². The lowest BCUT2D eigenvalue weighted by Gasteiger charge is -2.33. The van der Waals surface area contributed by atoms with Gasteiger partial charge in [-0.2, -0.15) is 4.31 Å². The zero-order chi connectivity index (χ0) is 21.9. The number of carbonyl (C=O) groups excluding carboxylic acids is 1. The Morgan fingerprint density at radius 2 is 1.73 bits per heavy atom. The molecule has 164 valence electrons. The second-order valence-electron chi connectivity index (χ2n) is 8.76. The zero-order valence-corrected chi connectivity index (χ0v) is 19.7. The van der Waals surface area contributed by atoms with Crippen LogP contribution in [-0.4, -0.2) is 56.3 Å². The van der Waals surface area contributed by atoms with Crippen LogP contribution in [0.3, 0.4) is 0 Å². The molecule has 0 spiro atoms. The molecule has 6 nitrogen and oxygen atoms in total. The summed E-state index contributed by atoms with van der Waals surface area (Å²) in [6, 6.07) is 11.1. The molecule has 0 bridgehead atoms. The van der Waals surface area contributed by atoms with Gasteiger partial charge in [0.15, 0.2) is 0 Å². The lowest BCUT2D eigenvalue weighted by molar-refractivity contribution is -0.123. The molecule has 1 aliphatic heterocycles. The number of nitrogens with zero attached hydrogens (tertiary/aromatic N) is 2. The third kappa shape index (κ3) is 5.49. The average Bonchev–Trinajstić information content (AvgIpc) is 3.23. The Hall–Kier alpha value is -1.74. The van der Waals surface area contributed by atoms with E-state index in [0.29, 0.717) is 31.1 Å². The molecule has 0 unspecified atom stereocenters. The third-order valence-electron chi connectivity index (χ3n) is 5.40. The number of hydrogen-bond acceptors (Lipinski definition) is 5. The summed E-state index contributed by atoms with van der Waals surface area (Å²) in [4.78, 5) is 15.8. The van der Waals surface area contributed by atoms with E-state index in [1.54, 1.807) is 23.5 Å². The van der Waals surface area contributed by atoms with E-state index in [4.69, 9.17) is 0 Å². The second kappa shape index (κ2) is 9.18. The number of piperazine rings is 1. The highest BCUT2D eigenvalue weighted by molar-refractivity contribution is 7.89. The minimum Gasteiger partial charge on any atom is -0.348 e. The maximum absolute atomic E-state index is 13.0. The molecule has 8 heteroatoms. The van der Waals surface area contributed by atoms with E-state index in [-0.39, 0.29) is 23.9 Å². The summed E-state index contributed by atoms with van der Waals surface area (Å²) < 4.78 is 27.5. The van der Waals surface area contributed by atoms with Crippen LogP contribution in [0.2, 0.25) is 0 Å². The fraction of sp³-hybridized carbons (Fsp3) is 0.500. The molecular formula is C22H31N3O3S2. The highest BCUT2D eigenvalue weighted by Gasteiger charge is 2.29. The van der Waals surface area contributed by atoms with Gasteiger partial charge < -0.3 is 5.32 Å². The Morgan fingerprint density at radius 3 is 2.27 bits per heavy atom. The number of amides is 1. The van der Waals surface area contributed by atoms with Gasteiger partial charge in [0.05, 0.1) is 17.5 Å². The largest absolute Gasteiger partial charge is 0.348 e. The van der Waals surface area contributed by atoms with Crippen LogP contribution in [0.25, 0.3) is 0 Å². The molecular weight excluding hydrogens is 418 g/mol. The number of thiophene rings is 1. The first-order valence-corrected chi connectivity index (χ1v) is 12.5. The van der Waals surface area contributed by atoms with Gasteiger partial charge in [-0.3, -0.25) is 9.69 Å². The molecule has 30 heavy (non-hydrogen) atoms. The van der Waals surface area contributed by atoms with Gasteiger partial charge in [0.2, 0.25) is 15.9 Å². The normalized spacial score (nSPS) is 17.6. The van der Waals surface area contributed by atoms with Crippen molar-refractivity contribution in [3.05, 3.63) is 52.2 Å². The summed E-state index contributed by atoms with van der Waals surface area (Å²) >= 11 is 1.62. The van der Waals surface area contributed by atoms with E-state index in [1.807, 2.05) is 41.5 Å². The van der Waals surface area contributed by atoms with Crippen LogP contribution < -0.4 is 5.32 Å². The molecule has 0 radical (unpaired) electrons. The lowest BCUT2D eigenvalue weighted by Crippen LogP contribution is -2.51. The average molecular weight is 450 g/mol. The van der Waals surface area contributed by atoms with Crippen LogP contribution in [0.5, 0.6) is 0 Å². The number of nitrogens with one attached hydrogen (secondary N) is 1. The van der Waals surface area contributed by atoms with Crippen LogP contribution in [0.4, 0.5) is 0 Å². The summed E-state index contributed by atoms with van der Waals surface area (Å²) in [5, 5.41) is 5.01. The van der Waals surface area contributed by atoms with Crippen molar-refractivity contribution >= 4 is 27.3 Å². The Kier molecular flexibility index (Phi) is 7.02. The maximum atomic E-state index is 13.0. The first kappa shape index (κ1) is 22.9. The fourth-order valence-corrected chi connectivity index (χ4v) is 5.66. The molecule has 1 aromatic heterocycles. The van der Waals surface area contributed by atoms with E-state index in [2.05, 4.69) is 26.1 Å². The summed E-state index contributed by atoms with van der Waals surface area (Å²) in [5.74, 6) is -0.0371. The van der Waals surface area contributed by atoms with Crippen molar-refractivity contribution in [3.63, 3.8) is 0 Å². The molecule has 1 fully saturated rings. The van der Waals surface area contributed by atoms with Crippen LogP contribution in [0.1, 0.15) is 44.2 Å². The summed E-state index contributed by atoms with van der Waals surface area (Å²) in [6.45, 7) is 10.4. The minimum atomic E-state index is -3.52. The van der Waals surface area contributed by atoms with Gasteiger partial charge in [-0.1, -0.05) is 39.0 Å². The van der Waals surface area contributed by atoms with Crippen molar-refractivity contribution < 1.29 is 13.2 Å². The third-order valence-corrected chi connectivity index (χ3v) is 8.37. The lowest BCUT2D eigenvalue weighted by atomic mass is 9.87. The number of benzene rings is 1. The topological polar surface area (TPSA) is 69.7 Å². The zero-order valence-electron chi connectivity index (χ0n) is 18.1. The molecule has 1 atom stereocenters. The first-order chi connectivity index (χ1) is 14.1. The van der Waals surface area contributed by atoms with E-state index in [9.17, 15) is 13.2 Å². The molecule has 2 heterocycles. The van der Waals surface area contributed by atoms with Gasteiger partial charge >= 0.3 is 0 Å². The van der Waals surface area contributed by atoms with Crippen LogP contribution in [0, 0.1) is 0 Å². The van der Waals surface area contributed by atoms with Crippen molar-refractivity contribution in [1.29, 1.82) is 0 Å². The molecule has 1 saturated heterocycles. The molecule has 2 aromatic rings. The van der Waals surface area contributed by atoms with Gasteiger partial charge in [0.25, 0.3) is 0 Å². The van der Waals surface area contributed by atoms with E-state index in [1.165, 1.54) is 4.31 Å². The highest BCUT2D eigenvalue weighted by Crippen LogP contribution is 2.25. The first-order valence-electron chi connectivity index (χ1n) is 10.2. The minimum absolute atomic E-state index is 0.0183. The van der Waals surface area contributed by atoms with E-state index < -0.39 is 10.0 Å². The predicted octanol–water partition coefficient (Wildman–Crippen LogP) is 3.23. The molecule has 1 aliphatic rings. The Balaban J connectivity index is 1.53. The highest BCUT2D eigenvalue weighted by atomic mass is 32.2. The SMILES string of the molecule is C[C@H](NC(=O)CN1CCN(S(=O)(=O)c2ccc(C(C)(C)C)cc2)CC1)c1cccs1. The predicted molar refractivity (Wildman–Crippen MR) is 121 cm³/mol. The van der Waals surface area contributed by atoms with Crippen molar-refractivity contribution in [2.24, 2.45) is 0 Å². The Bertz CT molecular complexity index is 941. The number of sulfonamides is 1. The monoisotopic (exact) mass is 449 g/mol. The molecule has 0 saturated carbocycles. The van der Waals surface area contributed by atoms with Crippen LogP contribution in [0.15, 0.2) is 46.7 Å². The molecule has 1 N–H and O–H groups in total. The quantitative estimate of drug-likeness (QED) is 0.735. The van der Waals surface area contributed by atoms with Gasteiger partial charge in [-0.05, 0) is 41.5 Å². The Morgan fingerprint density at radius 1 is 1.10 bits per heavy atom. The standard InChI is InChI=1S/C22H31N3O3S2/c1-17(20-6-5-15-29-20)23-21(26)16-24-11-13-25(14-12-24)30(27,28)19-9-7-18(8-10-19)22(2,3)4/h5-10,15,17H,11-14,16H2,1-4H3,(H,23,26)/t17-/m0/s1. The number of hydrogen-bond donors (Lipinski definition) is 1. The van der Waals surface area contributed by atoms with Gasteiger partial charge in [0.1, 0.15) is 0 Å². The molecule has 1 amide bonds. The molecule has 0 aliphatic carbocycles. The van der Waals surface area contributed by atoms with Crippen molar-refractivity contribution in [2.45, 2.75) is 44.0 Å². The molecule has 1 aromatic carbocycles. The van der Waals surface area contributed by atoms with Crippen LogP contribution in [-0.2, 0) is 20.2 Å². The Labute approximate surface area is 183 Å². The summed E-state index contributed by atoms with van der Waals surface area (Å²) in [7, 11) is -3.52. The van der Waals surface area contributed by atoms with Gasteiger partial charge in [-0.25, -0.2) is 8.42 Å². The van der Waals surface area contributed by atoms with Gasteiger partial charge in [-0.15, -0.1) is 11.3 Å². The van der Waals surface area contributed by atoms with Gasteiger partial charge in [0, 0.05) is 31.1 Å². The smallest absolute Gasteiger partial charge is 0.243 e. The second-order valence-corrected chi connectivity index (χ2v) is 11.7. The number of carbonyl (C=O) groups is 1. The van der Waals surface area contributed by atoms with E-state index in [0.717, 1.165) is 10.4 Å². The van der Waals surface area contributed by atoms with Crippen molar-refractivity contribution in [3.8, 4) is 0 Å². The van der Waals surface area contributed by atoms with Crippen LogP contribution >= 0.6 is 11.3 Å². The summed E-state index contributed by atoms with van der Waals surface area (Å²) in [5.41, 5.74) is 1.09. The summed E-state index contributed by atoms with van der Waals surface area (Å²) in [6.07, 6.45) is 0. The molecule has 3 rings (SSSR count). The van der Waals surface area contributed by atoms with Crippen molar-refractivity contribution in [1.82, 2.24) is 14.5 Å².